The number of nitrogens with zero attached hydrogens (tertiary/aromatic N) is 1. The van der Waals surface area contributed by atoms with E-state index in [4.69, 9.17) is 4.74 Å². The molecule has 1 amide bonds. The minimum atomic E-state index is -3.66. The Morgan fingerprint density at radius 1 is 1.18 bits per heavy atom. The molecule has 0 aliphatic heterocycles. The highest BCUT2D eigenvalue weighted by atomic mass is 32.2. The Labute approximate surface area is 165 Å². The second kappa shape index (κ2) is 9.54. The van der Waals surface area contributed by atoms with E-state index in [0.29, 0.717) is 0 Å². The van der Waals surface area contributed by atoms with E-state index in [9.17, 15) is 17.6 Å². The number of rotatable bonds is 9. The molecular weight excluding hydrogens is 383 g/mol. The highest BCUT2D eigenvalue weighted by molar-refractivity contribution is 7.92. The lowest BCUT2D eigenvalue weighted by Crippen LogP contribution is -2.33. The molecule has 0 spiro atoms. The number of halogens is 1. The molecule has 6 nitrogen and oxygen atoms in total. The van der Waals surface area contributed by atoms with Crippen LogP contribution in [-0.4, -0.2) is 34.2 Å². The maximum absolute atomic E-state index is 14.0. The van der Waals surface area contributed by atoms with Crippen LogP contribution >= 0.6 is 0 Å². The van der Waals surface area contributed by atoms with Crippen LogP contribution in [0.3, 0.4) is 0 Å². The smallest absolute Gasteiger partial charge is 0.232 e. The Morgan fingerprint density at radius 2 is 1.82 bits per heavy atom. The molecule has 152 valence electrons. The molecule has 0 saturated heterocycles. The van der Waals surface area contributed by atoms with Crippen LogP contribution in [0.15, 0.2) is 48.5 Å². The number of carbonyl (C=O) groups is 1. The fourth-order valence-corrected chi connectivity index (χ4v) is 3.76. The lowest BCUT2D eigenvalue weighted by Gasteiger charge is -2.23. The Kier molecular flexibility index (Phi) is 7.39. The van der Waals surface area contributed by atoms with E-state index in [-0.39, 0.29) is 37.0 Å². The van der Waals surface area contributed by atoms with E-state index in [2.05, 4.69) is 5.32 Å². The molecule has 28 heavy (non-hydrogen) atoms. The summed E-state index contributed by atoms with van der Waals surface area (Å²) in [7, 11) is -2.08. The van der Waals surface area contributed by atoms with Crippen molar-refractivity contribution in [3.8, 4) is 5.75 Å². The van der Waals surface area contributed by atoms with Crippen molar-refractivity contribution in [3.63, 3.8) is 0 Å². The van der Waals surface area contributed by atoms with Gasteiger partial charge < -0.3 is 10.1 Å². The summed E-state index contributed by atoms with van der Waals surface area (Å²) in [6.45, 7) is 1.88. The molecule has 1 atom stereocenters. The molecule has 2 aromatic carbocycles. The quantitative estimate of drug-likeness (QED) is 0.691. The topological polar surface area (TPSA) is 75.7 Å². The number of anilines is 1. The van der Waals surface area contributed by atoms with Crippen molar-refractivity contribution in [1.82, 2.24) is 5.32 Å². The van der Waals surface area contributed by atoms with Gasteiger partial charge in [0.05, 0.1) is 25.1 Å². The van der Waals surface area contributed by atoms with Crippen LogP contribution in [0.2, 0.25) is 0 Å². The van der Waals surface area contributed by atoms with Gasteiger partial charge in [-0.05, 0) is 43.2 Å². The van der Waals surface area contributed by atoms with Gasteiger partial charge in [-0.25, -0.2) is 12.8 Å². The summed E-state index contributed by atoms with van der Waals surface area (Å²) >= 11 is 0. The Morgan fingerprint density at radius 3 is 2.39 bits per heavy atom. The third-order valence-electron chi connectivity index (χ3n) is 4.28. The SMILES string of the molecule is COc1ccc(C(C)NC(=O)CCCN(c2ccccc2F)S(C)(=O)=O)cc1. The molecular formula is C20H25FN2O4S. The predicted octanol–water partition coefficient (Wildman–Crippen LogP) is 3.26. The second-order valence-electron chi connectivity index (χ2n) is 6.45. The van der Waals surface area contributed by atoms with E-state index in [1.54, 1.807) is 13.2 Å². The van der Waals surface area contributed by atoms with Gasteiger partial charge in [-0.2, -0.15) is 0 Å². The number of benzene rings is 2. The molecule has 2 aromatic rings. The maximum atomic E-state index is 14.0. The highest BCUT2D eigenvalue weighted by Gasteiger charge is 2.20. The molecule has 0 bridgehead atoms. The molecule has 2 rings (SSSR count). The second-order valence-corrected chi connectivity index (χ2v) is 8.36. The number of methoxy groups -OCH3 is 1. The summed E-state index contributed by atoms with van der Waals surface area (Å²) in [6.07, 6.45) is 1.41. The average Bonchev–Trinajstić information content (AvgIpc) is 2.65. The average molecular weight is 408 g/mol. The minimum Gasteiger partial charge on any atom is -0.497 e. The number of hydrogen-bond donors (Lipinski definition) is 1. The molecule has 1 N–H and O–H groups in total. The van der Waals surface area contributed by atoms with E-state index in [1.165, 1.54) is 18.2 Å². The molecule has 0 aliphatic rings. The Bertz CT molecular complexity index is 901. The van der Waals surface area contributed by atoms with E-state index in [0.717, 1.165) is 21.9 Å². The summed E-state index contributed by atoms with van der Waals surface area (Å²) in [5.41, 5.74) is 0.912. The molecule has 8 heteroatoms. The van der Waals surface area contributed by atoms with Crippen molar-refractivity contribution in [2.75, 3.05) is 24.2 Å². The lowest BCUT2D eigenvalue weighted by molar-refractivity contribution is -0.121. The molecule has 1 unspecified atom stereocenters. The van der Waals surface area contributed by atoms with Crippen LogP contribution in [0.25, 0.3) is 0 Å². The molecule has 0 heterocycles. The first-order valence-corrected chi connectivity index (χ1v) is 10.7. The van der Waals surface area contributed by atoms with Crippen LogP contribution in [0, 0.1) is 5.82 Å². The lowest BCUT2D eigenvalue weighted by atomic mass is 10.1. The summed E-state index contributed by atoms with van der Waals surface area (Å²) in [6, 6.07) is 12.8. The van der Waals surface area contributed by atoms with Crippen molar-refractivity contribution in [3.05, 3.63) is 59.9 Å². The van der Waals surface area contributed by atoms with Crippen LogP contribution in [0.1, 0.15) is 31.4 Å². The fraction of sp³-hybridized carbons (Fsp3) is 0.350. The van der Waals surface area contributed by atoms with Crippen molar-refractivity contribution >= 4 is 21.6 Å². The van der Waals surface area contributed by atoms with E-state index in [1.807, 2.05) is 31.2 Å². The minimum absolute atomic E-state index is 0.0167. The summed E-state index contributed by atoms with van der Waals surface area (Å²) in [5, 5.41) is 2.88. The van der Waals surface area contributed by atoms with Crippen LogP contribution in [0.5, 0.6) is 5.75 Å². The maximum Gasteiger partial charge on any atom is 0.232 e. The van der Waals surface area contributed by atoms with E-state index < -0.39 is 15.8 Å². The number of amides is 1. The largest absolute Gasteiger partial charge is 0.497 e. The summed E-state index contributed by atoms with van der Waals surface area (Å²) in [4.78, 5) is 12.2. The van der Waals surface area contributed by atoms with Crippen molar-refractivity contribution in [1.29, 1.82) is 0 Å². The van der Waals surface area contributed by atoms with Crippen molar-refractivity contribution < 1.29 is 22.3 Å². The van der Waals surface area contributed by atoms with Gasteiger partial charge in [-0.1, -0.05) is 24.3 Å². The molecule has 0 aromatic heterocycles. The standard InChI is InChI=1S/C20H25FN2O4S/c1-15(16-10-12-17(27-2)13-11-16)22-20(24)9-6-14-23(28(3,25)26)19-8-5-4-7-18(19)21/h4-5,7-8,10-13,15H,6,9,14H2,1-3H3,(H,22,24). The van der Waals surface area contributed by atoms with Crippen LogP contribution < -0.4 is 14.4 Å². The third-order valence-corrected chi connectivity index (χ3v) is 5.46. The zero-order chi connectivity index (χ0) is 20.7. The van der Waals surface area contributed by atoms with Gasteiger partial charge >= 0.3 is 0 Å². The predicted molar refractivity (Wildman–Crippen MR) is 107 cm³/mol. The number of ether oxygens (including phenoxy) is 1. The van der Waals surface area contributed by atoms with Crippen molar-refractivity contribution in [2.24, 2.45) is 0 Å². The highest BCUT2D eigenvalue weighted by Crippen LogP contribution is 2.22. The van der Waals surface area contributed by atoms with Gasteiger partial charge in [0.1, 0.15) is 11.6 Å². The van der Waals surface area contributed by atoms with Gasteiger partial charge in [0.2, 0.25) is 15.9 Å². The summed E-state index contributed by atoms with van der Waals surface area (Å²) in [5.74, 6) is -0.0907. The van der Waals surface area contributed by atoms with Gasteiger partial charge in [0.15, 0.2) is 0 Å². The Hall–Kier alpha value is -2.61. The number of para-hydroxylation sites is 1. The first-order valence-electron chi connectivity index (χ1n) is 8.88. The van der Waals surface area contributed by atoms with Gasteiger partial charge in [0.25, 0.3) is 0 Å². The molecule has 0 radical (unpaired) electrons. The molecule has 0 fully saturated rings. The molecule has 0 aliphatic carbocycles. The zero-order valence-electron chi connectivity index (χ0n) is 16.2. The first kappa shape index (κ1) is 21.7. The normalized spacial score (nSPS) is 12.3. The first-order chi connectivity index (χ1) is 13.2. The third kappa shape index (κ3) is 5.95. The van der Waals surface area contributed by atoms with Gasteiger partial charge in [-0.3, -0.25) is 9.10 Å². The fourth-order valence-electron chi connectivity index (χ4n) is 2.79. The Balaban J connectivity index is 1.92. The molecule has 0 saturated carbocycles. The van der Waals surface area contributed by atoms with E-state index >= 15 is 0 Å². The van der Waals surface area contributed by atoms with Crippen LogP contribution in [-0.2, 0) is 14.8 Å². The number of hydrogen-bond acceptors (Lipinski definition) is 4. The van der Waals surface area contributed by atoms with Crippen LogP contribution in [0.4, 0.5) is 10.1 Å². The van der Waals surface area contributed by atoms with Gasteiger partial charge in [0, 0.05) is 13.0 Å². The zero-order valence-corrected chi connectivity index (χ0v) is 17.0. The van der Waals surface area contributed by atoms with Gasteiger partial charge in [-0.15, -0.1) is 0 Å². The number of carbonyl (C=O) groups excluding carboxylic acids is 1. The number of nitrogens with one attached hydrogen (secondary N) is 1. The summed E-state index contributed by atoms with van der Waals surface area (Å²) < 4.78 is 44.1. The van der Waals surface area contributed by atoms with Crippen molar-refractivity contribution in [2.45, 2.75) is 25.8 Å². The number of sulfonamides is 1. The monoisotopic (exact) mass is 408 g/mol.